The van der Waals surface area contributed by atoms with Crippen LogP contribution in [0.3, 0.4) is 0 Å². The summed E-state index contributed by atoms with van der Waals surface area (Å²) in [4.78, 5) is 11.1. The van der Waals surface area contributed by atoms with E-state index in [0.29, 0.717) is 0 Å². The van der Waals surface area contributed by atoms with Gasteiger partial charge in [-0.05, 0) is 37.8 Å². The molecule has 0 fully saturated rings. The van der Waals surface area contributed by atoms with Crippen molar-refractivity contribution in [1.29, 1.82) is 0 Å². The zero-order valence-corrected chi connectivity index (χ0v) is 8.17. The Morgan fingerprint density at radius 3 is 1.77 bits per heavy atom. The lowest BCUT2D eigenvalue weighted by molar-refractivity contribution is -0.110. The van der Waals surface area contributed by atoms with E-state index in [9.17, 15) is 4.79 Å². The van der Waals surface area contributed by atoms with Gasteiger partial charge >= 0.3 is 0 Å². The van der Waals surface area contributed by atoms with Crippen molar-refractivity contribution < 1.29 is 4.79 Å². The van der Waals surface area contributed by atoms with Gasteiger partial charge in [-0.15, -0.1) is 0 Å². The summed E-state index contributed by atoms with van der Waals surface area (Å²) in [5.74, 6) is 0.139. The smallest absolute Gasteiger partial charge is 0.177 e. The summed E-state index contributed by atoms with van der Waals surface area (Å²) >= 11 is 0. The lowest BCUT2D eigenvalue weighted by Gasteiger charge is -1.99. The maximum atomic E-state index is 11.1. The summed E-state index contributed by atoms with van der Waals surface area (Å²) < 4.78 is 0. The van der Waals surface area contributed by atoms with Crippen molar-refractivity contribution in [3.8, 4) is 0 Å². The maximum Gasteiger partial charge on any atom is 0.177 e. The van der Waals surface area contributed by atoms with Crippen molar-refractivity contribution in [1.82, 2.24) is 0 Å². The van der Waals surface area contributed by atoms with Gasteiger partial charge in [-0.3, -0.25) is 4.79 Å². The SMILES string of the molecule is O=C1/C=C\CCCCCCC/C=C\1. The molecule has 0 aromatic heterocycles. The molecule has 13 heavy (non-hydrogen) atoms. The minimum Gasteiger partial charge on any atom is -0.290 e. The molecule has 0 heterocycles. The Bertz CT molecular complexity index is 181. The molecular weight excluding hydrogens is 160 g/mol. The molecule has 0 N–H and O–H groups in total. The van der Waals surface area contributed by atoms with Crippen molar-refractivity contribution >= 4 is 5.78 Å². The van der Waals surface area contributed by atoms with E-state index >= 15 is 0 Å². The summed E-state index contributed by atoms with van der Waals surface area (Å²) in [7, 11) is 0. The molecule has 0 bridgehead atoms. The molecule has 1 aliphatic carbocycles. The lowest BCUT2D eigenvalue weighted by Crippen LogP contribution is -1.86. The first-order valence-corrected chi connectivity index (χ1v) is 5.26. The molecule has 0 aliphatic heterocycles. The van der Waals surface area contributed by atoms with E-state index in [1.807, 2.05) is 12.2 Å². The highest BCUT2D eigenvalue weighted by Gasteiger charge is 1.92. The van der Waals surface area contributed by atoms with Crippen LogP contribution in [0.4, 0.5) is 0 Å². The summed E-state index contributed by atoms with van der Waals surface area (Å²) in [6, 6.07) is 0. The molecule has 0 aromatic rings. The van der Waals surface area contributed by atoms with Crippen LogP contribution in [0.25, 0.3) is 0 Å². The molecule has 1 rings (SSSR count). The van der Waals surface area contributed by atoms with Gasteiger partial charge in [0.15, 0.2) is 5.78 Å². The fourth-order valence-electron chi connectivity index (χ4n) is 1.51. The average molecular weight is 178 g/mol. The van der Waals surface area contributed by atoms with E-state index in [0.717, 1.165) is 12.8 Å². The summed E-state index contributed by atoms with van der Waals surface area (Å²) in [5, 5.41) is 0. The van der Waals surface area contributed by atoms with Crippen molar-refractivity contribution in [2.75, 3.05) is 0 Å². The first kappa shape index (κ1) is 10.2. The molecule has 1 aliphatic rings. The fourth-order valence-corrected chi connectivity index (χ4v) is 1.51. The van der Waals surface area contributed by atoms with E-state index in [2.05, 4.69) is 0 Å². The zero-order chi connectivity index (χ0) is 9.36. The van der Waals surface area contributed by atoms with Gasteiger partial charge in [0.25, 0.3) is 0 Å². The molecule has 0 unspecified atom stereocenters. The Hall–Kier alpha value is -0.850. The minimum absolute atomic E-state index is 0.139. The Morgan fingerprint density at radius 2 is 1.23 bits per heavy atom. The second-order valence-corrected chi connectivity index (χ2v) is 3.55. The molecule has 0 radical (unpaired) electrons. The molecule has 0 spiro atoms. The van der Waals surface area contributed by atoms with E-state index in [1.165, 1.54) is 32.1 Å². The van der Waals surface area contributed by atoms with Gasteiger partial charge in [0.05, 0.1) is 0 Å². The van der Waals surface area contributed by atoms with Crippen LogP contribution in [-0.4, -0.2) is 5.78 Å². The van der Waals surface area contributed by atoms with Gasteiger partial charge in [-0.2, -0.15) is 0 Å². The fraction of sp³-hybridized carbons (Fsp3) is 0.583. The quantitative estimate of drug-likeness (QED) is 0.555. The molecular formula is C12H18O. The number of carbonyl (C=O) groups is 1. The summed E-state index contributed by atoms with van der Waals surface area (Å²) in [5.41, 5.74) is 0. The number of carbonyl (C=O) groups excluding carboxylic acids is 1. The van der Waals surface area contributed by atoms with Gasteiger partial charge in [0.1, 0.15) is 0 Å². The molecule has 1 nitrogen and oxygen atoms in total. The van der Waals surface area contributed by atoms with E-state index in [-0.39, 0.29) is 5.78 Å². The van der Waals surface area contributed by atoms with Crippen molar-refractivity contribution in [2.24, 2.45) is 0 Å². The molecule has 0 aromatic carbocycles. The highest BCUT2D eigenvalue weighted by molar-refractivity contribution is 5.99. The highest BCUT2D eigenvalue weighted by Crippen LogP contribution is 2.08. The van der Waals surface area contributed by atoms with Crippen LogP contribution in [0.1, 0.15) is 44.9 Å². The second-order valence-electron chi connectivity index (χ2n) is 3.55. The topological polar surface area (TPSA) is 17.1 Å². The predicted octanol–water partition coefficient (Wildman–Crippen LogP) is 3.41. The second kappa shape index (κ2) is 6.64. The number of rotatable bonds is 0. The standard InChI is InChI=1S/C12H18O/c13-12-10-8-6-4-2-1-3-5-7-9-11-12/h8-11H,1-7H2/b10-8-,11-9-. The molecule has 0 saturated carbocycles. The highest BCUT2D eigenvalue weighted by atomic mass is 16.1. The third kappa shape index (κ3) is 5.40. The molecule has 0 atom stereocenters. The van der Waals surface area contributed by atoms with Gasteiger partial charge < -0.3 is 0 Å². The number of allylic oxidation sites excluding steroid dienone is 4. The molecule has 72 valence electrons. The lowest BCUT2D eigenvalue weighted by atomic mass is 10.1. The maximum absolute atomic E-state index is 11.1. The van der Waals surface area contributed by atoms with Gasteiger partial charge in [-0.1, -0.05) is 31.4 Å². The number of hydrogen-bond acceptors (Lipinski definition) is 1. The van der Waals surface area contributed by atoms with Gasteiger partial charge in [0.2, 0.25) is 0 Å². The third-order valence-electron chi connectivity index (χ3n) is 2.31. The first-order valence-electron chi connectivity index (χ1n) is 5.26. The van der Waals surface area contributed by atoms with Crippen LogP contribution in [0, 0.1) is 0 Å². The van der Waals surface area contributed by atoms with Crippen LogP contribution in [0.15, 0.2) is 24.3 Å². The Labute approximate surface area is 80.5 Å². The predicted molar refractivity (Wildman–Crippen MR) is 55.6 cm³/mol. The van der Waals surface area contributed by atoms with Crippen molar-refractivity contribution in [3.05, 3.63) is 24.3 Å². The Balaban J connectivity index is 2.37. The van der Waals surface area contributed by atoms with E-state index in [1.54, 1.807) is 12.2 Å². The van der Waals surface area contributed by atoms with Crippen LogP contribution < -0.4 is 0 Å². The molecule has 0 saturated heterocycles. The summed E-state index contributed by atoms with van der Waals surface area (Å²) in [6.07, 6.45) is 15.9. The van der Waals surface area contributed by atoms with Crippen LogP contribution in [0.5, 0.6) is 0 Å². The number of hydrogen-bond donors (Lipinski definition) is 0. The van der Waals surface area contributed by atoms with E-state index < -0.39 is 0 Å². The Kier molecular flexibility index (Phi) is 5.23. The summed E-state index contributed by atoms with van der Waals surface area (Å²) in [6.45, 7) is 0. The zero-order valence-electron chi connectivity index (χ0n) is 8.17. The van der Waals surface area contributed by atoms with Crippen molar-refractivity contribution in [2.45, 2.75) is 44.9 Å². The van der Waals surface area contributed by atoms with Crippen LogP contribution >= 0.6 is 0 Å². The van der Waals surface area contributed by atoms with Crippen LogP contribution in [0.2, 0.25) is 0 Å². The normalized spacial score (nSPS) is 25.7. The molecule has 0 amide bonds. The number of ketones is 1. The monoisotopic (exact) mass is 178 g/mol. The first-order chi connectivity index (χ1) is 6.39. The average Bonchev–Trinajstić information content (AvgIpc) is 2.11. The largest absolute Gasteiger partial charge is 0.290 e. The van der Waals surface area contributed by atoms with E-state index in [4.69, 9.17) is 0 Å². The molecule has 1 heteroatoms. The third-order valence-corrected chi connectivity index (χ3v) is 2.31. The van der Waals surface area contributed by atoms with Crippen LogP contribution in [-0.2, 0) is 4.79 Å². The minimum atomic E-state index is 0.139. The Morgan fingerprint density at radius 1 is 0.769 bits per heavy atom. The van der Waals surface area contributed by atoms with Gasteiger partial charge in [0, 0.05) is 0 Å². The van der Waals surface area contributed by atoms with Gasteiger partial charge in [-0.25, -0.2) is 0 Å². The van der Waals surface area contributed by atoms with Crippen molar-refractivity contribution in [3.63, 3.8) is 0 Å².